The molecule has 0 aromatic heterocycles. The van der Waals surface area contributed by atoms with Gasteiger partial charge in [0.2, 0.25) is 0 Å². The molecule has 15 heavy (non-hydrogen) atoms. The Morgan fingerprint density at radius 3 is 2.67 bits per heavy atom. The van der Waals surface area contributed by atoms with E-state index in [1.165, 1.54) is 12.8 Å². The lowest BCUT2D eigenvalue weighted by molar-refractivity contribution is 0.0522. The van der Waals surface area contributed by atoms with Crippen molar-refractivity contribution in [2.24, 2.45) is 5.92 Å². The summed E-state index contributed by atoms with van der Waals surface area (Å²) < 4.78 is 5.22. The fourth-order valence-electron chi connectivity index (χ4n) is 2.38. The molecule has 4 nitrogen and oxygen atoms in total. The van der Waals surface area contributed by atoms with Gasteiger partial charge < -0.3 is 15.0 Å². The van der Waals surface area contributed by atoms with Crippen molar-refractivity contribution in [3.8, 4) is 0 Å². The van der Waals surface area contributed by atoms with Gasteiger partial charge in [-0.3, -0.25) is 0 Å². The van der Waals surface area contributed by atoms with Gasteiger partial charge in [0.25, 0.3) is 0 Å². The molecule has 1 aliphatic carbocycles. The molecule has 2 aliphatic rings. The molecule has 0 bridgehead atoms. The highest BCUT2D eigenvalue weighted by molar-refractivity contribution is 5.74. The Bertz CT molecular complexity index is 227. The first-order valence-corrected chi connectivity index (χ1v) is 5.90. The molecule has 2 amide bonds. The molecular weight excluding hydrogens is 192 g/mol. The minimum Gasteiger partial charge on any atom is -0.378 e. The van der Waals surface area contributed by atoms with Gasteiger partial charge in [-0.2, -0.15) is 0 Å². The molecule has 2 fully saturated rings. The minimum absolute atomic E-state index is 0.0945. The fraction of sp³-hybridized carbons (Fsp3) is 0.909. The third-order valence-electron chi connectivity index (χ3n) is 3.47. The third-order valence-corrected chi connectivity index (χ3v) is 3.47. The predicted molar refractivity (Wildman–Crippen MR) is 57.7 cm³/mol. The maximum absolute atomic E-state index is 11.9. The molecule has 1 saturated heterocycles. The number of nitrogens with one attached hydrogen (secondary N) is 1. The topological polar surface area (TPSA) is 41.6 Å². The van der Waals surface area contributed by atoms with Gasteiger partial charge in [0.1, 0.15) is 0 Å². The summed E-state index contributed by atoms with van der Waals surface area (Å²) >= 11 is 0. The van der Waals surface area contributed by atoms with Gasteiger partial charge in [-0.1, -0.05) is 13.3 Å². The number of carbonyl (C=O) groups is 1. The molecule has 1 aliphatic heterocycles. The van der Waals surface area contributed by atoms with E-state index in [9.17, 15) is 4.79 Å². The molecule has 1 N–H and O–H groups in total. The van der Waals surface area contributed by atoms with E-state index in [0.29, 0.717) is 25.2 Å². The second-order valence-electron chi connectivity index (χ2n) is 4.56. The quantitative estimate of drug-likeness (QED) is 0.710. The standard InChI is InChI=1S/C11H20N2O2/c1-9-3-2-4-10(9)12-11(14)13-5-7-15-8-6-13/h9-10H,2-8H2,1H3,(H,12,14). The zero-order valence-corrected chi connectivity index (χ0v) is 9.37. The van der Waals surface area contributed by atoms with Gasteiger partial charge in [-0.05, 0) is 18.8 Å². The van der Waals surface area contributed by atoms with E-state index >= 15 is 0 Å². The van der Waals surface area contributed by atoms with E-state index in [2.05, 4.69) is 12.2 Å². The van der Waals surface area contributed by atoms with Crippen LogP contribution < -0.4 is 5.32 Å². The second-order valence-corrected chi connectivity index (χ2v) is 4.56. The van der Waals surface area contributed by atoms with Crippen LogP contribution in [0, 0.1) is 5.92 Å². The van der Waals surface area contributed by atoms with Crippen molar-refractivity contribution in [1.82, 2.24) is 10.2 Å². The fourth-order valence-corrected chi connectivity index (χ4v) is 2.38. The maximum Gasteiger partial charge on any atom is 0.317 e. The molecule has 4 heteroatoms. The maximum atomic E-state index is 11.9. The summed E-state index contributed by atoms with van der Waals surface area (Å²) in [7, 11) is 0. The number of urea groups is 1. The van der Waals surface area contributed by atoms with Crippen LogP contribution in [0.1, 0.15) is 26.2 Å². The Morgan fingerprint density at radius 2 is 2.07 bits per heavy atom. The number of ether oxygens (including phenoxy) is 1. The van der Waals surface area contributed by atoms with Crippen LogP contribution in [0.2, 0.25) is 0 Å². The lowest BCUT2D eigenvalue weighted by atomic mass is 10.1. The van der Waals surface area contributed by atoms with E-state index in [1.54, 1.807) is 0 Å². The highest BCUT2D eigenvalue weighted by Crippen LogP contribution is 2.24. The Morgan fingerprint density at radius 1 is 1.33 bits per heavy atom. The van der Waals surface area contributed by atoms with Gasteiger partial charge in [0, 0.05) is 19.1 Å². The van der Waals surface area contributed by atoms with E-state index in [4.69, 9.17) is 4.74 Å². The molecule has 2 rings (SSSR count). The van der Waals surface area contributed by atoms with Crippen LogP contribution in [-0.4, -0.2) is 43.3 Å². The summed E-state index contributed by atoms with van der Waals surface area (Å²) in [5, 5.41) is 3.13. The molecule has 1 saturated carbocycles. The molecule has 2 atom stereocenters. The zero-order chi connectivity index (χ0) is 10.7. The van der Waals surface area contributed by atoms with E-state index < -0.39 is 0 Å². The van der Waals surface area contributed by atoms with Gasteiger partial charge >= 0.3 is 6.03 Å². The van der Waals surface area contributed by atoms with Crippen LogP contribution in [-0.2, 0) is 4.74 Å². The van der Waals surface area contributed by atoms with E-state index in [0.717, 1.165) is 19.5 Å². The summed E-state index contributed by atoms with van der Waals surface area (Å²) in [4.78, 5) is 13.7. The van der Waals surface area contributed by atoms with Crippen molar-refractivity contribution in [1.29, 1.82) is 0 Å². The Balaban J connectivity index is 1.80. The summed E-state index contributed by atoms with van der Waals surface area (Å²) in [5.41, 5.74) is 0. The number of hydrogen-bond donors (Lipinski definition) is 1. The van der Waals surface area contributed by atoms with Crippen LogP contribution in [0.3, 0.4) is 0 Å². The molecular formula is C11H20N2O2. The first-order valence-electron chi connectivity index (χ1n) is 5.90. The lowest BCUT2D eigenvalue weighted by Crippen LogP contribution is -2.49. The monoisotopic (exact) mass is 212 g/mol. The highest BCUT2D eigenvalue weighted by Gasteiger charge is 2.27. The van der Waals surface area contributed by atoms with Gasteiger partial charge in [-0.15, -0.1) is 0 Å². The highest BCUT2D eigenvalue weighted by atomic mass is 16.5. The average molecular weight is 212 g/mol. The second kappa shape index (κ2) is 4.84. The number of nitrogens with zero attached hydrogens (tertiary/aromatic N) is 1. The van der Waals surface area contributed by atoms with E-state index in [-0.39, 0.29) is 6.03 Å². The van der Waals surface area contributed by atoms with Gasteiger partial charge in [0.05, 0.1) is 13.2 Å². The third kappa shape index (κ3) is 2.62. The van der Waals surface area contributed by atoms with Crippen molar-refractivity contribution in [2.45, 2.75) is 32.2 Å². The predicted octanol–water partition coefficient (Wildman–Crippen LogP) is 1.22. The smallest absolute Gasteiger partial charge is 0.317 e. The number of carbonyl (C=O) groups excluding carboxylic acids is 1. The van der Waals surface area contributed by atoms with Crippen LogP contribution in [0.15, 0.2) is 0 Å². The SMILES string of the molecule is CC1CCCC1NC(=O)N1CCOCC1. The van der Waals surface area contributed by atoms with Gasteiger partial charge in [-0.25, -0.2) is 4.79 Å². The van der Waals surface area contributed by atoms with Crippen molar-refractivity contribution >= 4 is 6.03 Å². The summed E-state index contributed by atoms with van der Waals surface area (Å²) in [5.74, 6) is 0.634. The van der Waals surface area contributed by atoms with Crippen LogP contribution in [0.25, 0.3) is 0 Å². The molecule has 0 radical (unpaired) electrons. The number of morpholine rings is 1. The van der Waals surface area contributed by atoms with Crippen molar-refractivity contribution < 1.29 is 9.53 Å². The summed E-state index contributed by atoms with van der Waals surface area (Å²) in [6, 6.07) is 0.484. The Hall–Kier alpha value is -0.770. The summed E-state index contributed by atoms with van der Waals surface area (Å²) in [6.45, 7) is 5.03. The largest absolute Gasteiger partial charge is 0.378 e. The molecule has 0 spiro atoms. The number of rotatable bonds is 1. The van der Waals surface area contributed by atoms with Crippen molar-refractivity contribution in [3.63, 3.8) is 0 Å². The first kappa shape index (κ1) is 10.7. The van der Waals surface area contributed by atoms with E-state index in [1.807, 2.05) is 4.90 Å². The average Bonchev–Trinajstić information content (AvgIpc) is 2.66. The van der Waals surface area contributed by atoms with Crippen LogP contribution in [0.4, 0.5) is 4.79 Å². The minimum atomic E-state index is 0.0945. The zero-order valence-electron chi connectivity index (χ0n) is 9.37. The van der Waals surface area contributed by atoms with Crippen LogP contribution >= 0.6 is 0 Å². The van der Waals surface area contributed by atoms with Gasteiger partial charge in [0.15, 0.2) is 0 Å². The molecule has 0 aromatic carbocycles. The van der Waals surface area contributed by atoms with Crippen molar-refractivity contribution in [2.75, 3.05) is 26.3 Å². The Kier molecular flexibility index (Phi) is 3.46. The summed E-state index contributed by atoms with van der Waals surface area (Å²) in [6.07, 6.45) is 3.63. The number of amides is 2. The molecule has 86 valence electrons. The van der Waals surface area contributed by atoms with Crippen LogP contribution in [0.5, 0.6) is 0 Å². The molecule has 0 aromatic rings. The lowest BCUT2D eigenvalue weighted by Gasteiger charge is -2.29. The molecule has 2 unspecified atom stereocenters. The Labute approximate surface area is 91.0 Å². The van der Waals surface area contributed by atoms with Crippen molar-refractivity contribution in [3.05, 3.63) is 0 Å². The first-order chi connectivity index (χ1) is 7.27. The molecule has 1 heterocycles. The number of hydrogen-bond acceptors (Lipinski definition) is 2. The normalized spacial score (nSPS) is 31.7.